The zero-order valence-electron chi connectivity index (χ0n) is 11.9. The van der Waals surface area contributed by atoms with Gasteiger partial charge in [0, 0.05) is 4.47 Å². The van der Waals surface area contributed by atoms with Gasteiger partial charge in [0.15, 0.2) is 0 Å². The highest BCUT2D eigenvalue weighted by Crippen LogP contribution is 2.29. The predicted octanol–water partition coefficient (Wildman–Crippen LogP) is 2.49. The third kappa shape index (κ3) is 5.05. The Hall–Kier alpha value is -2.43. The van der Waals surface area contributed by atoms with Gasteiger partial charge in [-0.25, -0.2) is 4.79 Å². The zero-order valence-corrected chi connectivity index (χ0v) is 13.5. The van der Waals surface area contributed by atoms with Gasteiger partial charge in [0.1, 0.15) is 5.75 Å². The normalized spacial score (nSPS) is 11.8. The minimum absolute atomic E-state index is 0.182. The van der Waals surface area contributed by atoms with Crippen molar-refractivity contribution in [3.8, 4) is 5.75 Å². The molecule has 0 aromatic heterocycles. The molecule has 11 heteroatoms. The van der Waals surface area contributed by atoms with Crippen LogP contribution in [0, 0.1) is 0 Å². The lowest BCUT2D eigenvalue weighted by molar-refractivity contribution is -0.274. The zero-order chi connectivity index (χ0) is 18.5. The smallest absolute Gasteiger partial charge is 0.460 e. The van der Waals surface area contributed by atoms with Crippen LogP contribution in [-0.4, -0.2) is 41.4 Å². The Morgan fingerprint density at radius 1 is 1.29 bits per heavy atom. The van der Waals surface area contributed by atoms with E-state index in [0.29, 0.717) is 0 Å². The van der Waals surface area contributed by atoms with E-state index in [4.69, 9.17) is 5.21 Å². The second-order valence-corrected chi connectivity index (χ2v) is 4.93. The topological polar surface area (TPSA) is 102 Å². The highest BCUT2D eigenvalue weighted by Gasteiger charge is 2.36. The SMILES string of the molecule is CCOC(=O)C(=O)/C(=N/O)C(=O)c1cc(Br)ccc1OC(F)(F)F. The number of benzene rings is 1. The monoisotopic (exact) mass is 411 g/mol. The predicted molar refractivity (Wildman–Crippen MR) is 76.0 cm³/mol. The standard InChI is InChI=1S/C13H9BrF3NO6/c1-2-23-12(21)11(20)9(18-22)10(19)7-5-6(14)3-4-8(7)24-13(15,16)17/h3-5,22H,2H2,1H3/b18-9+. The summed E-state index contributed by atoms with van der Waals surface area (Å²) >= 11 is 2.94. The van der Waals surface area contributed by atoms with Gasteiger partial charge in [-0.2, -0.15) is 0 Å². The van der Waals surface area contributed by atoms with Crippen LogP contribution in [0.3, 0.4) is 0 Å². The number of ketones is 2. The first-order valence-corrected chi connectivity index (χ1v) is 6.93. The summed E-state index contributed by atoms with van der Waals surface area (Å²) in [6.07, 6.45) is -5.11. The third-order valence-corrected chi connectivity index (χ3v) is 2.90. The Morgan fingerprint density at radius 3 is 2.42 bits per heavy atom. The molecule has 0 unspecified atom stereocenters. The number of nitrogens with zero attached hydrogens (tertiary/aromatic N) is 1. The highest BCUT2D eigenvalue weighted by molar-refractivity contribution is 9.10. The molecule has 0 atom stereocenters. The van der Waals surface area contributed by atoms with Crippen molar-refractivity contribution in [2.45, 2.75) is 13.3 Å². The fourth-order valence-electron chi connectivity index (χ4n) is 1.51. The van der Waals surface area contributed by atoms with Gasteiger partial charge in [-0.15, -0.1) is 13.2 Å². The number of esters is 1. The fraction of sp³-hybridized carbons (Fsp3) is 0.231. The summed E-state index contributed by atoms with van der Waals surface area (Å²) in [6.45, 7) is 1.18. The van der Waals surface area contributed by atoms with Crippen molar-refractivity contribution in [1.29, 1.82) is 0 Å². The Kier molecular flexibility index (Phi) is 6.46. The summed E-state index contributed by atoms with van der Waals surface area (Å²) in [7, 11) is 0. The molecule has 130 valence electrons. The van der Waals surface area contributed by atoms with Crippen LogP contribution in [0.25, 0.3) is 0 Å². The molecular formula is C13H9BrF3NO6. The number of hydrogen-bond donors (Lipinski definition) is 1. The molecule has 0 saturated carbocycles. The Morgan fingerprint density at radius 2 is 1.92 bits per heavy atom. The maximum atomic E-state index is 12.4. The first-order chi connectivity index (χ1) is 11.1. The number of rotatable bonds is 6. The fourth-order valence-corrected chi connectivity index (χ4v) is 1.87. The van der Waals surface area contributed by atoms with Crippen molar-refractivity contribution < 1.29 is 42.2 Å². The van der Waals surface area contributed by atoms with E-state index in [0.717, 1.165) is 18.2 Å². The number of carbonyl (C=O) groups excluding carboxylic acids is 3. The summed E-state index contributed by atoms with van der Waals surface area (Å²) in [6, 6.07) is 2.88. The van der Waals surface area contributed by atoms with Crippen LogP contribution in [-0.2, 0) is 14.3 Å². The molecule has 0 aliphatic carbocycles. The molecule has 0 aliphatic heterocycles. The molecule has 0 heterocycles. The number of carbonyl (C=O) groups is 3. The van der Waals surface area contributed by atoms with E-state index in [1.165, 1.54) is 6.92 Å². The molecule has 24 heavy (non-hydrogen) atoms. The molecule has 1 rings (SSSR count). The van der Waals surface area contributed by atoms with Crippen LogP contribution >= 0.6 is 15.9 Å². The van der Waals surface area contributed by atoms with Crippen molar-refractivity contribution in [3.63, 3.8) is 0 Å². The van der Waals surface area contributed by atoms with Crippen molar-refractivity contribution in [2.75, 3.05) is 6.61 Å². The summed E-state index contributed by atoms with van der Waals surface area (Å²) in [5, 5.41) is 11.2. The van der Waals surface area contributed by atoms with Crippen molar-refractivity contribution in [3.05, 3.63) is 28.2 Å². The van der Waals surface area contributed by atoms with Gasteiger partial charge < -0.3 is 14.7 Å². The molecule has 0 bridgehead atoms. The van der Waals surface area contributed by atoms with E-state index in [-0.39, 0.29) is 11.1 Å². The quantitative estimate of drug-likeness (QED) is 0.147. The van der Waals surface area contributed by atoms with Crippen molar-refractivity contribution in [1.82, 2.24) is 0 Å². The number of ether oxygens (including phenoxy) is 2. The summed E-state index contributed by atoms with van der Waals surface area (Å²) in [5.41, 5.74) is -2.05. The van der Waals surface area contributed by atoms with E-state index < -0.39 is 40.9 Å². The molecular weight excluding hydrogens is 403 g/mol. The Labute approximate surface area is 141 Å². The summed E-state index contributed by atoms with van der Waals surface area (Å²) in [5.74, 6) is -5.49. The minimum atomic E-state index is -5.11. The van der Waals surface area contributed by atoms with Crippen LogP contribution in [0.15, 0.2) is 27.8 Å². The molecule has 1 N–H and O–H groups in total. The van der Waals surface area contributed by atoms with Crippen LogP contribution in [0.4, 0.5) is 13.2 Å². The molecule has 0 saturated heterocycles. The Bertz CT molecular complexity index is 701. The summed E-state index contributed by atoms with van der Waals surface area (Å²) < 4.78 is 45.4. The van der Waals surface area contributed by atoms with Crippen molar-refractivity contribution in [2.24, 2.45) is 5.16 Å². The maximum absolute atomic E-state index is 12.4. The van der Waals surface area contributed by atoms with Gasteiger partial charge in [0.2, 0.25) is 11.5 Å². The van der Waals surface area contributed by atoms with Crippen LogP contribution in [0.2, 0.25) is 0 Å². The van der Waals surface area contributed by atoms with E-state index in [1.54, 1.807) is 0 Å². The van der Waals surface area contributed by atoms with E-state index in [9.17, 15) is 27.6 Å². The number of hydrogen-bond acceptors (Lipinski definition) is 7. The van der Waals surface area contributed by atoms with Crippen LogP contribution in [0.1, 0.15) is 17.3 Å². The Balaban J connectivity index is 3.28. The molecule has 1 aromatic rings. The van der Waals surface area contributed by atoms with Gasteiger partial charge in [-0.05, 0) is 25.1 Å². The number of halogens is 4. The van der Waals surface area contributed by atoms with Gasteiger partial charge in [0.25, 0.3) is 5.78 Å². The molecule has 0 spiro atoms. The molecule has 0 fully saturated rings. The van der Waals surface area contributed by atoms with Crippen molar-refractivity contribution >= 4 is 39.2 Å². The highest BCUT2D eigenvalue weighted by atomic mass is 79.9. The number of oxime groups is 1. The van der Waals surface area contributed by atoms with Gasteiger partial charge in [0.05, 0.1) is 12.2 Å². The van der Waals surface area contributed by atoms with Crippen LogP contribution in [0.5, 0.6) is 5.75 Å². The number of Topliss-reactive ketones (excluding diaryl/α,β-unsaturated/α-hetero) is 2. The van der Waals surface area contributed by atoms with Crippen LogP contribution < -0.4 is 4.74 Å². The van der Waals surface area contributed by atoms with E-state index in [2.05, 4.69) is 30.6 Å². The van der Waals surface area contributed by atoms with Gasteiger partial charge in [-0.1, -0.05) is 21.1 Å². The largest absolute Gasteiger partial charge is 0.573 e. The summed E-state index contributed by atoms with van der Waals surface area (Å²) in [4.78, 5) is 35.2. The van der Waals surface area contributed by atoms with E-state index >= 15 is 0 Å². The lowest BCUT2D eigenvalue weighted by Crippen LogP contribution is -2.33. The molecule has 0 radical (unpaired) electrons. The molecule has 7 nitrogen and oxygen atoms in total. The second-order valence-electron chi connectivity index (χ2n) is 4.02. The van der Waals surface area contributed by atoms with Gasteiger partial charge in [-0.3, -0.25) is 9.59 Å². The lowest BCUT2D eigenvalue weighted by Gasteiger charge is -2.13. The average Bonchev–Trinajstić information content (AvgIpc) is 2.48. The minimum Gasteiger partial charge on any atom is -0.460 e. The molecule has 1 aromatic carbocycles. The average molecular weight is 412 g/mol. The number of alkyl halides is 3. The van der Waals surface area contributed by atoms with Gasteiger partial charge >= 0.3 is 12.3 Å². The third-order valence-electron chi connectivity index (χ3n) is 2.40. The second kappa shape index (κ2) is 7.90. The maximum Gasteiger partial charge on any atom is 0.573 e. The molecule has 0 aliphatic rings. The van der Waals surface area contributed by atoms with E-state index in [1.807, 2.05) is 0 Å². The lowest BCUT2D eigenvalue weighted by atomic mass is 10.0. The molecule has 0 amide bonds. The first kappa shape index (κ1) is 19.6. The first-order valence-electron chi connectivity index (χ1n) is 6.14.